The van der Waals surface area contributed by atoms with Gasteiger partial charge in [-0.2, -0.15) is 5.26 Å². The molecule has 0 saturated heterocycles. The zero-order valence-corrected chi connectivity index (χ0v) is 9.23. The zero-order valence-electron chi connectivity index (χ0n) is 6.83. The molecule has 0 aliphatic rings. The fourth-order valence-electron chi connectivity index (χ4n) is 0.918. The van der Waals surface area contributed by atoms with Crippen molar-refractivity contribution in [3.63, 3.8) is 0 Å². The molecule has 1 aromatic rings. The second-order valence-electron chi connectivity index (χ2n) is 2.33. The summed E-state index contributed by atoms with van der Waals surface area (Å²) < 4.78 is 0.685. The highest BCUT2D eigenvalue weighted by atomic mass is 79.9. The molecule has 13 heavy (non-hydrogen) atoms. The van der Waals surface area contributed by atoms with E-state index in [4.69, 9.17) is 11.0 Å². The summed E-state index contributed by atoms with van der Waals surface area (Å²) >= 11 is 3.22. The van der Waals surface area contributed by atoms with E-state index in [1.54, 1.807) is 6.07 Å². The maximum absolute atomic E-state index is 8.59. The molecule has 0 saturated carbocycles. The number of nitriles is 1. The van der Waals surface area contributed by atoms with Crippen LogP contribution in [0.3, 0.4) is 0 Å². The number of rotatable bonds is 2. The van der Waals surface area contributed by atoms with Crippen LogP contribution < -0.4 is 5.73 Å². The monoisotopic (exact) mass is 261 g/mol. The van der Waals surface area contributed by atoms with Crippen LogP contribution in [0.15, 0.2) is 16.7 Å². The molecule has 0 aliphatic heterocycles. The molecule has 5 heteroatoms. The number of hydrogen-bond acceptors (Lipinski definition) is 3. The number of hydrogen-bond donors (Lipinski definition) is 1. The summed E-state index contributed by atoms with van der Waals surface area (Å²) in [4.78, 5) is 3.95. The molecular weight excluding hydrogens is 253 g/mol. The summed E-state index contributed by atoms with van der Waals surface area (Å²) in [5, 5.41) is 8.59. The Morgan fingerprint density at radius 1 is 1.54 bits per heavy atom. The minimum atomic E-state index is 0. The lowest BCUT2D eigenvalue weighted by atomic mass is 10.2. The summed E-state index contributed by atoms with van der Waals surface area (Å²) in [6.07, 6.45) is 0.774. The highest BCUT2D eigenvalue weighted by Gasteiger charge is 1.98. The van der Waals surface area contributed by atoms with Crippen LogP contribution in [0.4, 0.5) is 0 Å². The van der Waals surface area contributed by atoms with Crippen molar-refractivity contribution in [3.05, 3.63) is 28.0 Å². The lowest BCUT2D eigenvalue weighted by Crippen LogP contribution is -2.03. The van der Waals surface area contributed by atoms with Crippen molar-refractivity contribution in [1.29, 1.82) is 5.26 Å². The first-order valence-electron chi connectivity index (χ1n) is 3.53. The molecule has 0 unspecified atom stereocenters. The molecule has 3 nitrogen and oxygen atoms in total. The fourth-order valence-corrected chi connectivity index (χ4v) is 1.40. The summed E-state index contributed by atoms with van der Waals surface area (Å²) in [6.45, 7) is 0.585. The SMILES string of the molecule is Cl.N#Cc1cc(CCN)cc(Br)n1. The molecule has 2 N–H and O–H groups in total. The van der Waals surface area contributed by atoms with Crippen LogP contribution in [-0.2, 0) is 6.42 Å². The smallest absolute Gasteiger partial charge is 0.142 e. The standard InChI is InChI=1S/C8H8BrN3.ClH/c9-8-4-6(1-2-10)3-7(5-11)12-8;/h3-4H,1-2,10H2;1H. The van der Waals surface area contributed by atoms with Crippen LogP contribution in [0.25, 0.3) is 0 Å². The Morgan fingerprint density at radius 3 is 2.77 bits per heavy atom. The van der Waals surface area contributed by atoms with Crippen molar-refractivity contribution in [1.82, 2.24) is 4.98 Å². The van der Waals surface area contributed by atoms with Gasteiger partial charge in [-0.15, -0.1) is 12.4 Å². The van der Waals surface area contributed by atoms with E-state index in [2.05, 4.69) is 20.9 Å². The van der Waals surface area contributed by atoms with Crippen molar-refractivity contribution in [2.45, 2.75) is 6.42 Å². The number of halogens is 2. The van der Waals surface area contributed by atoms with Crippen molar-refractivity contribution in [2.24, 2.45) is 5.73 Å². The van der Waals surface area contributed by atoms with E-state index in [0.717, 1.165) is 12.0 Å². The second kappa shape index (κ2) is 5.92. The van der Waals surface area contributed by atoms with E-state index < -0.39 is 0 Å². The highest BCUT2D eigenvalue weighted by molar-refractivity contribution is 9.10. The van der Waals surface area contributed by atoms with Gasteiger partial charge in [0.05, 0.1) is 0 Å². The number of nitrogens with two attached hydrogens (primary N) is 1. The third-order valence-corrected chi connectivity index (χ3v) is 1.81. The number of pyridine rings is 1. The lowest BCUT2D eigenvalue weighted by Gasteiger charge is -1.99. The van der Waals surface area contributed by atoms with Gasteiger partial charge in [0.15, 0.2) is 0 Å². The molecule has 0 aromatic carbocycles. The van der Waals surface area contributed by atoms with Crippen molar-refractivity contribution in [2.75, 3.05) is 6.54 Å². The van der Waals surface area contributed by atoms with Gasteiger partial charge in [0.2, 0.25) is 0 Å². The van der Waals surface area contributed by atoms with Crippen molar-refractivity contribution in [3.8, 4) is 6.07 Å². The lowest BCUT2D eigenvalue weighted by molar-refractivity contribution is 0.959. The van der Waals surface area contributed by atoms with Crippen molar-refractivity contribution < 1.29 is 0 Å². The quantitative estimate of drug-likeness (QED) is 0.824. The van der Waals surface area contributed by atoms with Gasteiger partial charge in [0, 0.05) is 0 Å². The molecule has 1 aromatic heterocycles. The summed E-state index contributed by atoms with van der Waals surface area (Å²) in [6, 6.07) is 5.60. The predicted molar refractivity (Wildman–Crippen MR) is 56.7 cm³/mol. The summed E-state index contributed by atoms with van der Waals surface area (Å²) in [5.74, 6) is 0. The average Bonchev–Trinajstić information content (AvgIpc) is 2.04. The van der Waals surface area contributed by atoms with E-state index in [1.807, 2.05) is 12.1 Å². The summed E-state index contributed by atoms with van der Waals surface area (Å²) in [7, 11) is 0. The zero-order chi connectivity index (χ0) is 8.97. The molecule has 0 aliphatic carbocycles. The summed E-state index contributed by atoms with van der Waals surface area (Å²) in [5.41, 5.74) is 6.85. The Kier molecular flexibility index (Phi) is 5.63. The Balaban J connectivity index is 0.00000144. The van der Waals surface area contributed by atoms with Gasteiger partial charge in [-0.3, -0.25) is 0 Å². The van der Waals surface area contributed by atoms with Crippen LogP contribution >= 0.6 is 28.3 Å². The molecule has 0 spiro atoms. The van der Waals surface area contributed by atoms with Gasteiger partial charge in [0.25, 0.3) is 0 Å². The normalized spacial score (nSPS) is 8.69. The number of aromatic nitrogens is 1. The maximum atomic E-state index is 8.59. The Labute approximate surface area is 91.5 Å². The maximum Gasteiger partial charge on any atom is 0.142 e. The van der Waals surface area contributed by atoms with E-state index in [1.165, 1.54) is 0 Å². The van der Waals surface area contributed by atoms with Gasteiger partial charge < -0.3 is 5.73 Å². The van der Waals surface area contributed by atoms with Crippen LogP contribution in [0.5, 0.6) is 0 Å². The topological polar surface area (TPSA) is 62.7 Å². The average molecular weight is 263 g/mol. The van der Waals surface area contributed by atoms with Crippen LogP contribution in [0.2, 0.25) is 0 Å². The van der Waals surface area contributed by atoms with Gasteiger partial charge in [0.1, 0.15) is 16.4 Å². The largest absolute Gasteiger partial charge is 0.330 e. The first-order valence-corrected chi connectivity index (χ1v) is 4.32. The minimum absolute atomic E-state index is 0. The molecule has 0 atom stereocenters. The van der Waals surface area contributed by atoms with E-state index in [-0.39, 0.29) is 12.4 Å². The minimum Gasteiger partial charge on any atom is -0.330 e. The Morgan fingerprint density at radius 2 is 2.23 bits per heavy atom. The van der Waals surface area contributed by atoms with Gasteiger partial charge in [-0.05, 0) is 46.6 Å². The first kappa shape index (κ1) is 12.4. The van der Waals surface area contributed by atoms with E-state index in [9.17, 15) is 0 Å². The Bertz CT molecular complexity index is 322. The molecule has 0 fully saturated rings. The van der Waals surface area contributed by atoms with E-state index in [0.29, 0.717) is 16.8 Å². The van der Waals surface area contributed by atoms with Crippen molar-refractivity contribution >= 4 is 28.3 Å². The Hall–Kier alpha value is -0.630. The highest BCUT2D eigenvalue weighted by Crippen LogP contribution is 2.11. The molecule has 1 heterocycles. The van der Waals surface area contributed by atoms with Gasteiger partial charge in [-0.25, -0.2) is 4.98 Å². The second-order valence-corrected chi connectivity index (χ2v) is 3.15. The van der Waals surface area contributed by atoms with Gasteiger partial charge in [-0.1, -0.05) is 0 Å². The first-order chi connectivity index (χ1) is 5.76. The molecule has 70 valence electrons. The molecule has 0 bridgehead atoms. The van der Waals surface area contributed by atoms with Gasteiger partial charge >= 0.3 is 0 Å². The molecule has 0 amide bonds. The van der Waals surface area contributed by atoms with Crippen LogP contribution in [-0.4, -0.2) is 11.5 Å². The molecule has 0 radical (unpaired) electrons. The third kappa shape index (κ3) is 3.73. The molecule has 1 rings (SSSR count). The molecular formula is C8H9BrClN3. The van der Waals surface area contributed by atoms with E-state index >= 15 is 0 Å². The third-order valence-electron chi connectivity index (χ3n) is 1.40. The van der Waals surface area contributed by atoms with Crippen LogP contribution in [0, 0.1) is 11.3 Å². The number of nitrogens with zero attached hydrogens (tertiary/aromatic N) is 2. The fraction of sp³-hybridized carbons (Fsp3) is 0.250. The van der Waals surface area contributed by atoms with Crippen LogP contribution in [0.1, 0.15) is 11.3 Å². The predicted octanol–water partition coefficient (Wildman–Crippen LogP) is 1.64.